The molecule has 5 N–H and O–H groups in total. The second-order valence-electron chi connectivity index (χ2n) is 4.35. The summed E-state index contributed by atoms with van der Waals surface area (Å²) in [6.45, 7) is 5.62. The number of primary amides is 1. The lowest BCUT2D eigenvalue weighted by Crippen LogP contribution is -2.47. The number of nitrogens with one attached hydrogen (secondary N) is 2. The van der Waals surface area contributed by atoms with E-state index in [2.05, 4.69) is 10.6 Å². The third-order valence-electron chi connectivity index (χ3n) is 1.47. The van der Waals surface area contributed by atoms with E-state index in [0.717, 1.165) is 0 Å². The SMILES string of the molecule is CC(C)(C)NC(=O)CNCC(O)C(N)=O. The van der Waals surface area contributed by atoms with Gasteiger partial charge in [-0.05, 0) is 20.8 Å². The topological polar surface area (TPSA) is 104 Å². The first-order valence-corrected chi connectivity index (χ1v) is 4.71. The zero-order valence-corrected chi connectivity index (χ0v) is 9.33. The molecule has 0 aromatic carbocycles. The highest BCUT2D eigenvalue weighted by atomic mass is 16.3. The van der Waals surface area contributed by atoms with Crippen molar-refractivity contribution in [1.29, 1.82) is 0 Å². The zero-order chi connectivity index (χ0) is 12.1. The Hall–Kier alpha value is -1.14. The number of aliphatic hydroxyl groups is 1. The number of carbonyl (C=O) groups excluding carboxylic acids is 2. The van der Waals surface area contributed by atoms with Gasteiger partial charge in [-0.15, -0.1) is 0 Å². The van der Waals surface area contributed by atoms with E-state index >= 15 is 0 Å². The lowest BCUT2D eigenvalue weighted by Gasteiger charge is -2.20. The van der Waals surface area contributed by atoms with Crippen LogP contribution in [0.2, 0.25) is 0 Å². The van der Waals surface area contributed by atoms with Crippen LogP contribution < -0.4 is 16.4 Å². The first kappa shape index (κ1) is 13.9. The van der Waals surface area contributed by atoms with E-state index in [-0.39, 0.29) is 24.5 Å². The van der Waals surface area contributed by atoms with Crippen LogP contribution in [0.1, 0.15) is 20.8 Å². The lowest BCUT2D eigenvalue weighted by atomic mass is 10.1. The molecule has 0 rings (SSSR count). The van der Waals surface area contributed by atoms with E-state index in [4.69, 9.17) is 10.8 Å². The van der Waals surface area contributed by atoms with Gasteiger partial charge in [0.1, 0.15) is 6.10 Å². The quantitative estimate of drug-likeness (QED) is 0.442. The Bertz CT molecular complexity index is 235. The van der Waals surface area contributed by atoms with Crippen molar-refractivity contribution in [2.24, 2.45) is 5.73 Å². The van der Waals surface area contributed by atoms with Gasteiger partial charge in [-0.1, -0.05) is 0 Å². The van der Waals surface area contributed by atoms with Crippen molar-refractivity contribution in [3.05, 3.63) is 0 Å². The molecule has 0 fully saturated rings. The summed E-state index contributed by atoms with van der Waals surface area (Å²) in [5.74, 6) is -1.00. The van der Waals surface area contributed by atoms with Gasteiger partial charge < -0.3 is 21.5 Å². The van der Waals surface area contributed by atoms with Crippen molar-refractivity contribution in [3.8, 4) is 0 Å². The molecule has 15 heavy (non-hydrogen) atoms. The van der Waals surface area contributed by atoms with Gasteiger partial charge in [-0.3, -0.25) is 9.59 Å². The minimum atomic E-state index is -1.26. The van der Waals surface area contributed by atoms with Crippen molar-refractivity contribution in [2.45, 2.75) is 32.4 Å². The van der Waals surface area contributed by atoms with Gasteiger partial charge in [0.05, 0.1) is 6.54 Å². The molecular formula is C9H19N3O3. The van der Waals surface area contributed by atoms with Crippen molar-refractivity contribution in [2.75, 3.05) is 13.1 Å². The van der Waals surface area contributed by atoms with Gasteiger partial charge in [-0.25, -0.2) is 0 Å². The van der Waals surface area contributed by atoms with Gasteiger partial charge in [0.2, 0.25) is 11.8 Å². The third kappa shape index (κ3) is 7.90. The Kier molecular flexibility index (Phi) is 5.24. The van der Waals surface area contributed by atoms with Gasteiger partial charge >= 0.3 is 0 Å². The van der Waals surface area contributed by atoms with E-state index in [1.165, 1.54) is 0 Å². The fourth-order valence-electron chi connectivity index (χ4n) is 0.885. The highest BCUT2D eigenvalue weighted by Gasteiger charge is 2.14. The first-order chi connectivity index (χ1) is 6.72. The van der Waals surface area contributed by atoms with Crippen molar-refractivity contribution >= 4 is 11.8 Å². The van der Waals surface area contributed by atoms with E-state index in [9.17, 15) is 9.59 Å². The highest BCUT2D eigenvalue weighted by Crippen LogP contribution is 1.96. The maximum Gasteiger partial charge on any atom is 0.247 e. The molecule has 0 aliphatic rings. The summed E-state index contributed by atoms with van der Waals surface area (Å²) >= 11 is 0. The van der Waals surface area contributed by atoms with E-state index < -0.39 is 12.0 Å². The number of nitrogens with two attached hydrogens (primary N) is 1. The average molecular weight is 217 g/mol. The predicted molar refractivity (Wildman–Crippen MR) is 56.0 cm³/mol. The highest BCUT2D eigenvalue weighted by molar-refractivity contribution is 5.80. The van der Waals surface area contributed by atoms with E-state index in [1.807, 2.05) is 20.8 Å². The Labute approximate surface area is 89.2 Å². The van der Waals surface area contributed by atoms with Gasteiger partial charge in [0.25, 0.3) is 0 Å². The number of amides is 2. The van der Waals surface area contributed by atoms with Crippen LogP contribution in [-0.4, -0.2) is 41.7 Å². The molecule has 1 atom stereocenters. The number of hydrogen-bond acceptors (Lipinski definition) is 4. The lowest BCUT2D eigenvalue weighted by molar-refractivity contribution is -0.126. The summed E-state index contributed by atoms with van der Waals surface area (Å²) in [5.41, 5.74) is 4.53. The molecular weight excluding hydrogens is 198 g/mol. The fraction of sp³-hybridized carbons (Fsp3) is 0.778. The zero-order valence-electron chi connectivity index (χ0n) is 9.33. The van der Waals surface area contributed by atoms with Crippen LogP contribution in [0.15, 0.2) is 0 Å². The number of carbonyl (C=O) groups is 2. The van der Waals surface area contributed by atoms with Gasteiger partial charge in [0, 0.05) is 12.1 Å². The molecule has 0 heterocycles. The predicted octanol–water partition coefficient (Wildman–Crippen LogP) is -1.66. The second kappa shape index (κ2) is 5.67. The summed E-state index contributed by atoms with van der Waals surface area (Å²) < 4.78 is 0. The van der Waals surface area contributed by atoms with E-state index in [0.29, 0.717) is 0 Å². The molecule has 2 amide bonds. The van der Waals surface area contributed by atoms with Crippen LogP contribution in [-0.2, 0) is 9.59 Å². The molecule has 0 aliphatic heterocycles. The van der Waals surface area contributed by atoms with Gasteiger partial charge in [0.15, 0.2) is 0 Å². The number of hydrogen-bond donors (Lipinski definition) is 4. The largest absolute Gasteiger partial charge is 0.382 e. The summed E-state index contributed by atoms with van der Waals surface area (Å²) in [5, 5.41) is 14.4. The van der Waals surface area contributed by atoms with E-state index in [1.54, 1.807) is 0 Å². The Morgan fingerprint density at radius 1 is 1.40 bits per heavy atom. The maximum atomic E-state index is 11.2. The Morgan fingerprint density at radius 3 is 2.33 bits per heavy atom. The molecule has 0 radical (unpaired) electrons. The molecule has 0 saturated carbocycles. The molecule has 0 bridgehead atoms. The fourth-order valence-corrected chi connectivity index (χ4v) is 0.885. The maximum absolute atomic E-state index is 11.2. The molecule has 0 spiro atoms. The summed E-state index contributed by atoms with van der Waals surface area (Å²) in [6, 6.07) is 0. The smallest absolute Gasteiger partial charge is 0.247 e. The Morgan fingerprint density at radius 2 is 1.93 bits per heavy atom. The van der Waals surface area contributed by atoms with Crippen molar-refractivity contribution < 1.29 is 14.7 Å². The van der Waals surface area contributed by atoms with Crippen LogP contribution in [0, 0.1) is 0 Å². The first-order valence-electron chi connectivity index (χ1n) is 4.71. The van der Waals surface area contributed by atoms with Crippen molar-refractivity contribution in [1.82, 2.24) is 10.6 Å². The summed E-state index contributed by atoms with van der Waals surface area (Å²) in [6.07, 6.45) is -1.26. The average Bonchev–Trinajstić information content (AvgIpc) is 2.00. The summed E-state index contributed by atoms with van der Waals surface area (Å²) in [4.78, 5) is 21.7. The molecule has 6 nitrogen and oxygen atoms in total. The minimum Gasteiger partial charge on any atom is -0.382 e. The van der Waals surface area contributed by atoms with Crippen LogP contribution in [0.3, 0.4) is 0 Å². The second-order valence-corrected chi connectivity index (χ2v) is 4.35. The molecule has 0 aromatic heterocycles. The summed E-state index contributed by atoms with van der Waals surface area (Å²) in [7, 11) is 0. The van der Waals surface area contributed by atoms with Crippen LogP contribution in [0.5, 0.6) is 0 Å². The molecule has 88 valence electrons. The monoisotopic (exact) mass is 217 g/mol. The molecule has 0 aromatic rings. The van der Waals surface area contributed by atoms with Gasteiger partial charge in [-0.2, -0.15) is 0 Å². The van der Waals surface area contributed by atoms with Crippen LogP contribution in [0.25, 0.3) is 0 Å². The van der Waals surface area contributed by atoms with Crippen molar-refractivity contribution in [3.63, 3.8) is 0 Å². The number of aliphatic hydroxyl groups excluding tert-OH is 1. The number of rotatable bonds is 5. The Balaban J connectivity index is 3.69. The normalized spacial score (nSPS) is 13.3. The third-order valence-corrected chi connectivity index (χ3v) is 1.47. The minimum absolute atomic E-state index is 0.0209. The molecule has 0 aliphatic carbocycles. The molecule has 6 heteroatoms. The molecule has 0 saturated heterocycles. The molecule has 1 unspecified atom stereocenters. The standard InChI is InChI=1S/C9H19N3O3/c1-9(2,3)12-7(14)5-11-4-6(13)8(10)15/h6,11,13H,4-5H2,1-3H3,(H2,10,15)(H,12,14). The van der Waals surface area contributed by atoms with Crippen LogP contribution >= 0.6 is 0 Å². The van der Waals surface area contributed by atoms with Crippen LogP contribution in [0.4, 0.5) is 0 Å².